The summed E-state index contributed by atoms with van der Waals surface area (Å²) in [5, 5.41) is 2.94. The molecular formula is C4H8N4O2. The van der Waals surface area contributed by atoms with Crippen molar-refractivity contribution in [3.05, 3.63) is 9.81 Å². The topological polar surface area (TPSA) is 65.3 Å². The molecule has 1 heterocycles. The van der Waals surface area contributed by atoms with Crippen LogP contribution < -0.4 is 0 Å². The van der Waals surface area contributed by atoms with Gasteiger partial charge in [0.05, 0.1) is 47.5 Å². The van der Waals surface area contributed by atoms with E-state index in [4.69, 9.17) is 11.0 Å². The van der Waals surface area contributed by atoms with Gasteiger partial charge < -0.3 is 0 Å². The van der Waals surface area contributed by atoms with E-state index in [0.29, 0.717) is 0 Å². The Bertz CT molecular complexity index is 321. The molecule has 10 heavy (non-hydrogen) atoms. The Morgan fingerprint density at radius 3 is 1.50 bits per heavy atom. The molecule has 56 valence electrons. The van der Waals surface area contributed by atoms with Crippen molar-refractivity contribution < 1.29 is 11.0 Å². The molecule has 0 aromatic rings. The average Bonchev–Trinajstić information content (AvgIpc) is 2.15. The maximum Gasteiger partial charge on any atom is 0.0586 e. The van der Waals surface area contributed by atoms with Crippen LogP contribution in [-0.4, -0.2) is 36.0 Å². The minimum Gasteiger partial charge on any atom is -0.257 e. The third kappa shape index (κ3) is 1.40. The van der Waals surface area contributed by atoms with Crippen molar-refractivity contribution in [1.82, 2.24) is 10.0 Å². The van der Waals surface area contributed by atoms with Crippen LogP contribution in [0.5, 0.6) is 0 Å². The largest absolute Gasteiger partial charge is 0.257 e. The second-order valence-corrected chi connectivity index (χ2v) is 1.23. The van der Waals surface area contributed by atoms with Crippen LogP contribution in [0.2, 0.25) is 0 Å². The molecule has 0 unspecified atom stereocenters. The van der Waals surface area contributed by atoms with E-state index in [1.165, 1.54) is 0 Å². The molecule has 1 fully saturated rings. The lowest BCUT2D eigenvalue weighted by Gasteiger charge is -2.26. The number of piperazine rings is 1. The van der Waals surface area contributed by atoms with E-state index in [0.717, 1.165) is 0 Å². The van der Waals surface area contributed by atoms with E-state index >= 15 is 0 Å². The molecule has 0 aliphatic carbocycles. The monoisotopic (exact) mass is 152 g/mol. The molecule has 0 amide bonds. The molecule has 1 aliphatic heterocycles. The van der Waals surface area contributed by atoms with Gasteiger partial charge in [-0.15, -0.1) is 9.81 Å². The maximum absolute atomic E-state index is 10.5. The van der Waals surface area contributed by atoms with Gasteiger partial charge in [-0.1, -0.05) is 0 Å². The van der Waals surface area contributed by atoms with Crippen LogP contribution in [0.25, 0.3) is 0 Å². The molecule has 0 saturated carbocycles. The van der Waals surface area contributed by atoms with Crippen LogP contribution in [-0.2, 0) is 0 Å². The first-order valence-corrected chi connectivity index (χ1v) is 2.16. The average molecular weight is 152 g/mol. The normalized spacial score (nSPS) is 50.8. The van der Waals surface area contributed by atoms with Gasteiger partial charge in [-0.3, -0.25) is 10.0 Å². The highest BCUT2D eigenvalue weighted by Gasteiger charge is 2.14. The van der Waals surface area contributed by atoms with Gasteiger partial charge in [0.25, 0.3) is 0 Å². The quantitative estimate of drug-likeness (QED) is 0.521. The molecule has 1 aliphatic rings. The fraction of sp³-hybridized carbons (Fsp3) is 1.00. The molecule has 6 nitrogen and oxygen atoms in total. The molecule has 0 aromatic carbocycles. The Labute approximate surface area is 68.9 Å². The van der Waals surface area contributed by atoms with Crippen LogP contribution in [0.3, 0.4) is 0 Å². The highest BCUT2D eigenvalue weighted by Crippen LogP contribution is 2.00. The summed E-state index contributed by atoms with van der Waals surface area (Å²) in [5.74, 6) is 0. The Kier molecular flexibility index (Phi) is 0.587. The van der Waals surface area contributed by atoms with Crippen LogP contribution >= 0.6 is 0 Å². The Morgan fingerprint density at radius 1 is 1.00 bits per heavy atom. The van der Waals surface area contributed by atoms with Crippen molar-refractivity contribution in [2.24, 2.45) is 10.6 Å². The minimum atomic E-state index is -3.39. The first-order valence-electron chi connectivity index (χ1n) is 6.16. The molecule has 6 heteroatoms. The molecule has 0 aromatic heterocycles. The SMILES string of the molecule is [2H]C1([2H])N(N=O)C([2H])([2H])C([2H])([2H])N(N=O)C1([2H])[2H]. The van der Waals surface area contributed by atoms with Crippen molar-refractivity contribution in [1.29, 1.82) is 0 Å². The van der Waals surface area contributed by atoms with Gasteiger partial charge in [-0.25, -0.2) is 0 Å². The van der Waals surface area contributed by atoms with E-state index in [1.807, 2.05) is 10.6 Å². The smallest absolute Gasteiger partial charge is 0.0586 e. The van der Waals surface area contributed by atoms with Gasteiger partial charge in [0.15, 0.2) is 0 Å². The Balaban J connectivity index is 3.57. The lowest BCUT2D eigenvalue weighted by molar-refractivity contribution is 0.136. The number of hydrogen-bond acceptors (Lipinski definition) is 4. The summed E-state index contributed by atoms with van der Waals surface area (Å²) in [6.07, 6.45) is 0. The molecule has 0 N–H and O–H groups in total. The summed E-state index contributed by atoms with van der Waals surface area (Å²) in [4.78, 5) is 21.0. The first kappa shape index (κ1) is 1.90. The zero-order valence-electron chi connectivity index (χ0n) is 12.6. The van der Waals surface area contributed by atoms with Crippen LogP contribution in [0.4, 0.5) is 0 Å². The molecule has 0 spiro atoms. The van der Waals surface area contributed by atoms with E-state index in [-0.39, 0.29) is 0 Å². The van der Waals surface area contributed by atoms with Gasteiger partial charge in [0.1, 0.15) is 0 Å². The zero-order chi connectivity index (χ0) is 14.6. The molecule has 0 atom stereocenters. The number of nitrogens with zero attached hydrogens (tertiary/aromatic N) is 4. The predicted octanol–water partition coefficient (Wildman–Crippen LogP) is -0.0332. The number of rotatable bonds is 2. The number of nitroso groups, excluding NO2 is 2. The first-order chi connectivity index (χ1) is 7.89. The molecule has 1 saturated heterocycles. The summed E-state index contributed by atoms with van der Waals surface area (Å²) >= 11 is 0. The standard InChI is InChI=1S/C4H8N4O2/c9-5-7-1-2-8(6-10)4-3-7/h1-4H2/i1D2,2D2,3D2,4D2. The highest BCUT2D eigenvalue weighted by atomic mass is 16.3. The van der Waals surface area contributed by atoms with Crippen LogP contribution in [0.1, 0.15) is 11.0 Å². The van der Waals surface area contributed by atoms with E-state index in [9.17, 15) is 9.81 Å². The van der Waals surface area contributed by atoms with Crippen molar-refractivity contribution in [2.75, 3.05) is 26.0 Å². The highest BCUT2D eigenvalue weighted by molar-refractivity contribution is 4.65. The molecule has 0 radical (unpaired) electrons. The predicted molar refractivity (Wildman–Crippen MR) is 34.7 cm³/mol. The van der Waals surface area contributed by atoms with Gasteiger partial charge in [0, 0.05) is 0 Å². The summed E-state index contributed by atoms with van der Waals surface area (Å²) in [7, 11) is 0. The van der Waals surface area contributed by atoms with E-state index in [1.54, 1.807) is 0 Å². The summed E-state index contributed by atoms with van der Waals surface area (Å²) in [5.41, 5.74) is 0. The zero-order valence-corrected chi connectivity index (χ0v) is 4.61. The van der Waals surface area contributed by atoms with E-state index < -0.39 is 36.0 Å². The van der Waals surface area contributed by atoms with E-state index in [2.05, 4.69) is 0 Å². The van der Waals surface area contributed by atoms with Crippen molar-refractivity contribution in [3.63, 3.8) is 0 Å². The lowest BCUT2D eigenvalue weighted by Crippen LogP contribution is -2.40. The Morgan fingerprint density at radius 2 is 1.30 bits per heavy atom. The summed E-state index contributed by atoms with van der Waals surface area (Å²) < 4.78 is 58.6. The molecule has 0 bridgehead atoms. The molecule has 1 rings (SSSR count). The maximum atomic E-state index is 10.5. The van der Waals surface area contributed by atoms with Gasteiger partial charge in [-0.2, -0.15) is 0 Å². The third-order valence-corrected chi connectivity index (χ3v) is 0.687. The van der Waals surface area contributed by atoms with Crippen molar-refractivity contribution >= 4 is 0 Å². The second-order valence-electron chi connectivity index (χ2n) is 1.23. The Hall–Kier alpha value is -1.20. The van der Waals surface area contributed by atoms with Gasteiger partial charge >= 0.3 is 0 Å². The minimum absolute atomic E-state index is 0.526. The summed E-state index contributed by atoms with van der Waals surface area (Å²) in [6, 6.07) is 0. The second kappa shape index (κ2) is 3.09. The fourth-order valence-electron chi connectivity index (χ4n) is 0.327. The van der Waals surface area contributed by atoms with Gasteiger partial charge in [-0.05, 0) is 0 Å². The summed E-state index contributed by atoms with van der Waals surface area (Å²) in [6.45, 7) is -13.6. The van der Waals surface area contributed by atoms with Crippen molar-refractivity contribution in [2.45, 2.75) is 0 Å². The number of hydrogen-bond donors (Lipinski definition) is 0. The van der Waals surface area contributed by atoms with Crippen molar-refractivity contribution in [3.8, 4) is 0 Å². The van der Waals surface area contributed by atoms with Crippen LogP contribution in [0, 0.1) is 9.81 Å². The third-order valence-electron chi connectivity index (χ3n) is 0.687. The fourth-order valence-corrected chi connectivity index (χ4v) is 0.327. The van der Waals surface area contributed by atoms with Gasteiger partial charge in [0.2, 0.25) is 0 Å². The molecular weight excluding hydrogens is 136 g/mol. The lowest BCUT2D eigenvalue weighted by atomic mass is 10.4. The van der Waals surface area contributed by atoms with Crippen LogP contribution in [0.15, 0.2) is 10.6 Å².